The lowest BCUT2D eigenvalue weighted by molar-refractivity contribution is 0.145. The van der Waals surface area contributed by atoms with Crippen LogP contribution in [0.2, 0.25) is 0 Å². The zero-order chi connectivity index (χ0) is 10.9. The highest BCUT2D eigenvalue weighted by Gasteiger charge is 2.05. The van der Waals surface area contributed by atoms with Crippen LogP contribution >= 0.6 is 11.3 Å². The van der Waals surface area contributed by atoms with Gasteiger partial charge in [-0.2, -0.15) is 0 Å². The van der Waals surface area contributed by atoms with Crippen molar-refractivity contribution in [1.29, 1.82) is 0 Å². The Morgan fingerprint density at radius 3 is 2.93 bits per heavy atom. The highest BCUT2D eigenvalue weighted by atomic mass is 32.1. The third-order valence-corrected chi connectivity index (χ3v) is 3.11. The van der Waals surface area contributed by atoms with Crippen molar-refractivity contribution in [3.63, 3.8) is 0 Å². The summed E-state index contributed by atoms with van der Waals surface area (Å²) in [5.74, 6) is 0. The van der Waals surface area contributed by atoms with Crippen molar-refractivity contribution < 1.29 is 4.74 Å². The third-order valence-electron chi connectivity index (χ3n) is 2.25. The van der Waals surface area contributed by atoms with Crippen molar-refractivity contribution >= 4 is 11.3 Å². The number of methoxy groups -OCH3 is 1. The van der Waals surface area contributed by atoms with E-state index in [-0.39, 0.29) is 0 Å². The fourth-order valence-corrected chi connectivity index (χ4v) is 2.13. The second-order valence-corrected chi connectivity index (χ2v) is 4.48. The molecule has 0 saturated heterocycles. The zero-order valence-electron chi connectivity index (χ0n) is 9.53. The molecule has 3 nitrogen and oxygen atoms in total. The molecule has 0 amide bonds. The molecule has 4 heteroatoms. The summed E-state index contributed by atoms with van der Waals surface area (Å²) in [4.78, 5) is 3.83. The van der Waals surface area contributed by atoms with Gasteiger partial charge in [-0.25, -0.2) is 0 Å². The second-order valence-electron chi connectivity index (χ2n) is 3.45. The van der Waals surface area contributed by atoms with Gasteiger partial charge in [0.15, 0.2) is 0 Å². The van der Waals surface area contributed by atoms with Crippen molar-refractivity contribution in [3.8, 4) is 0 Å². The molecule has 1 aromatic heterocycles. The SMILES string of the molecule is CNCCN(CCOC)Cc1cccs1. The van der Waals surface area contributed by atoms with Gasteiger partial charge < -0.3 is 10.1 Å². The van der Waals surface area contributed by atoms with Crippen LogP contribution in [0.5, 0.6) is 0 Å². The van der Waals surface area contributed by atoms with Gasteiger partial charge in [0.25, 0.3) is 0 Å². The molecule has 1 rings (SSSR count). The molecule has 15 heavy (non-hydrogen) atoms. The Morgan fingerprint density at radius 2 is 2.33 bits per heavy atom. The average Bonchev–Trinajstić information content (AvgIpc) is 2.74. The van der Waals surface area contributed by atoms with Crippen LogP contribution in [0.25, 0.3) is 0 Å². The Balaban J connectivity index is 2.33. The van der Waals surface area contributed by atoms with Gasteiger partial charge in [-0.05, 0) is 18.5 Å². The van der Waals surface area contributed by atoms with E-state index in [1.807, 2.05) is 18.4 Å². The van der Waals surface area contributed by atoms with E-state index in [9.17, 15) is 0 Å². The van der Waals surface area contributed by atoms with Crippen molar-refractivity contribution in [2.75, 3.05) is 40.4 Å². The maximum atomic E-state index is 5.11. The van der Waals surface area contributed by atoms with E-state index in [1.165, 1.54) is 4.88 Å². The quantitative estimate of drug-likeness (QED) is 0.728. The van der Waals surface area contributed by atoms with Gasteiger partial charge in [0, 0.05) is 38.2 Å². The predicted molar refractivity (Wildman–Crippen MR) is 65.4 cm³/mol. The number of hydrogen-bond acceptors (Lipinski definition) is 4. The Bertz CT molecular complexity index is 231. The van der Waals surface area contributed by atoms with E-state index in [0.29, 0.717) is 0 Å². The molecule has 0 radical (unpaired) electrons. The molecule has 0 bridgehead atoms. The summed E-state index contributed by atoms with van der Waals surface area (Å²) >= 11 is 1.82. The largest absolute Gasteiger partial charge is 0.383 e. The molecule has 0 unspecified atom stereocenters. The van der Waals surface area contributed by atoms with Crippen LogP contribution in [-0.2, 0) is 11.3 Å². The van der Waals surface area contributed by atoms with Crippen LogP contribution < -0.4 is 5.32 Å². The van der Waals surface area contributed by atoms with E-state index in [4.69, 9.17) is 4.74 Å². The Labute approximate surface area is 96.0 Å². The van der Waals surface area contributed by atoms with Gasteiger partial charge in [0.2, 0.25) is 0 Å². The van der Waals surface area contributed by atoms with Crippen LogP contribution in [-0.4, -0.2) is 45.3 Å². The van der Waals surface area contributed by atoms with Gasteiger partial charge in [-0.3, -0.25) is 4.90 Å². The molecule has 1 N–H and O–H groups in total. The molecule has 0 aliphatic heterocycles. The minimum absolute atomic E-state index is 0.801. The first kappa shape index (κ1) is 12.6. The van der Waals surface area contributed by atoms with E-state index in [0.717, 1.165) is 32.8 Å². The van der Waals surface area contributed by atoms with Crippen molar-refractivity contribution in [2.45, 2.75) is 6.54 Å². The molecule has 1 heterocycles. The van der Waals surface area contributed by atoms with Crippen LogP contribution in [0.1, 0.15) is 4.88 Å². The normalized spacial score (nSPS) is 11.1. The maximum absolute atomic E-state index is 5.11. The van der Waals surface area contributed by atoms with E-state index < -0.39 is 0 Å². The first-order valence-electron chi connectivity index (χ1n) is 5.25. The lowest BCUT2D eigenvalue weighted by Gasteiger charge is -2.20. The van der Waals surface area contributed by atoms with Crippen molar-refractivity contribution in [3.05, 3.63) is 22.4 Å². The fraction of sp³-hybridized carbons (Fsp3) is 0.636. The smallest absolute Gasteiger partial charge is 0.0589 e. The molecule has 0 saturated carbocycles. The topological polar surface area (TPSA) is 24.5 Å². The van der Waals surface area contributed by atoms with Crippen LogP contribution in [0.4, 0.5) is 0 Å². The molecule has 0 aliphatic carbocycles. The highest BCUT2D eigenvalue weighted by molar-refractivity contribution is 7.09. The number of rotatable bonds is 8. The summed E-state index contributed by atoms with van der Waals surface area (Å²) in [6, 6.07) is 4.29. The number of nitrogens with one attached hydrogen (secondary N) is 1. The molecule has 0 aliphatic rings. The maximum Gasteiger partial charge on any atom is 0.0589 e. The van der Waals surface area contributed by atoms with Crippen molar-refractivity contribution in [1.82, 2.24) is 10.2 Å². The van der Waals surface area contributed by atoms with Crippen molar-refractivity contribution in [2.24, 2.45) is 0 Å². The molecular formula is C11H20N2OS. The first-order valence-corrected chi connectivity index (χ1v) is 6.13. The molecule has 0 fully saturated rings. The second kappa shape index (κ2) is 7.82. The molecule has 1 aromatic rings. The summed E-state index contributed by atoms with van der Waals surface area (Å²) in [5.41, 5.74) is 0. The van der Waals surface area contributed by atoms with Gasteiger partial charge in [0.05, 0.1) is 6.61 Å². The average molecular weight is 228 g/mol. The standard InChI is InChI=1S/C11H20N2OS/c1-12-5-6-13(7-8-14-2)10-11-4-3-9-15-11/h3-4,9,12H,5-8,10H2,1-2H3. The molecule has 86 valence electrons. The minimum Gasteiger partial charge on any atom is -0.383 e. The van der Waals surface area contributed by atoms with Crippen LogP contribution in [0.15, 0.2) is 17.5 Å². The van der Waals surface area contributed by atoms with Crippen LogP contribution in [0, 0.1) is 0 Å². The molecule has 0 aromatic carbocycles. The first-order chi connectivity index (χ1) is 7.36. The fourth-order valence-electron chi connectivity index (χ4n) is 1.38. The summed E-state index contributed by atoms with van der Waals surface area (Å²) in [6.45, 7) is 4.92. The summed E-state index contributed by atoms with van der Waals surface area (Å²) < 4.78 is 5.11. The van der Waals surface area contributed by atoms with Gasteiger partial charge in [-0.15, -0.1) is 11.3 Å². The summed E-state index contributed by atoms with van der Waals surface area (Å²) in [6.07, 6.45) is 0. The van der Waals surface area contributed by atoms with Gasteiger partial charge in [-0.1, -0.05) is 6.07 Å². The van der Waals surface area contributed by atoms with Gasteiger partial charge in [0.1, 0.15) is 0 Å². The number of thiophene rings is 1. The summed E-state index contributed by atoms with van der Waals surface area (Å²) in [5, 5.41) is 5.30. The van der Waals surface area contributed by atoms with Gasteiger partial charge >= 0.3 is 0 Å². The number of nitrogens with zero attached hydrogens (tertiary/aromatic N) is 1. The summed E-state index contributed by atoms with van der Waals surface area (Å²) in [7, 11) is 3.74. The monoisotopic (exact) mass is 228 g/mol. The molecular weight excluding hydrogens is 208 g/mol. The van der Waals surface area contributed by atoms with E-state index >= 15 is 0 Å². The van der Waals surface area contributed by atoms with E-state index in [2.05, 4.69) is 27.7 Å². The Kier molecular flexibility index (Phi) is 6.59. The lowest BCUT2D eigenvalue weighted by atomic mass is 10.4. The minimum atomic E-state index is 0.801. The number of likely N-dealkylation sites (N-methyl/N-ethyl adjacent to an activating group) is 1. The Morgan fingerprint density at radius 1 is 1.47 bits per heavy atom. The third kappa shape index (κ3) is 5.28. The molecule has 0 atom stereocenters. The number of ether oxygens (including phenoxy) is 1. The predicted octanol–water partition coefficient (Wildman–Crippen LogP) is 1.42. The van der Waals surface area contributed by atoms with E-state index in [1.54, 1.807) is 7.11 Å². The zero-order valence-corrected chi connectivity index (χ0v) is 10.3. The highest BCUT2D eigenvalue weighted by Crippen LogP contribution is 2.11. The molecule has 0 spiro atoms. The lowest BCUT2D eigenvalue weighted by Crippen LogP contribution is -2.32. The number of hydrogen-bond donors (Lipinski definition) is 1. The Hall–Kier alpha value is -0.420. The van der Waals surface area contributed by atoms with Crippen LogP contribution in [0.3, 0.4) is 0 Å².